The van der Waals surface area contributed by atoms with Crippen LogP contribution in [0.5, 0.6) is 0 Å². The van der Waals surface area contributed by atoms with Gasteiger partial charge in [0.1, 0.15) is 17.0 Å². The zero-order valence-electron chi connectivity index (χ0n) is 13.8. The first-order valence-corrected chi connectivity index (χ1v) is 9.54. The third kappa shape index (κ3) is 2.70. The van der Waals surface area contributed by atoms with Gasteiger partial charge in [0.25, 0.3) is 0 Å². The lowest BCUT2D eigenvalue weighted by atomic mass is 10.0. The number of nitrogens with zero attached hydrogens (tertiary/aromatic N) is 1. The molecule has 0 bridgehead atoms. The molecule has 2 heterocycles. The molecular formula is C22H15IN2O. The van der Waals surface area contributed by atoms with E-state index < -0.39 is 0 Å². The summed E-state index contributed by atoms with van der Waals surface area (Å²) < 4.78 is 7.11. The van der Waals surface area contributed by atoms with Gasteiger partial charge in [-0.1, -0.05) is 60.7 Å². The molecule has 0 fully saturated rings. The van der Waals surface area contributed by atoms with Crippen molar-refractivity contribution in [1.29, 1.82) is 0 Å². The van der Waals surface area contributed by atoms with Crippen LogP contribution in [0.3, 0.4) is 0 Å². The van der Waals surface area contributed by atoms with Crippen LogP contribution in [0.25, 0.3) is 21.9 Å². The number of aliphatic imine (C=N–C) groups is 1. The molecule has 0 saturated carbocycles. The molecule has 0 saturated heterocycles. The van der Waals surface area contributed by atoms with E-state index in [2.05, 4.69) is 70.4 Å². The van der Waals surface area contributed by atoms with Crippen LogP contribution < -0.4 is 5.32 Å². The Balaban J connectivity index is 1.60. The van der Waals surface area contributed by atoms with Crippen LogP contribution in [0.4, 0.5) is 0 Å². The standard InChI is InChI=1S/C22H15IN2O/c23-21-13-18(24-22(25-21)14-6-2-1-3-7-14)15-10-11-17-16-8-4-5-9-19(16)26-20(17)12-15/h1-13,18H,(H,24,25). The predicted octanol–water partition coefficient (Wildman–Crippen LogP) is 5.95. The molecule has 1 N–H and O–H groups in total. The summed E-state index contributed by atoms with van der Waals surface area (Å²) >= 11 is 2.32. The Labute approximate surface area is 164 Å². The molecule has 26 heavy (non-hydrogen) atoms. The van der Waals surface area contributed by atoms with E-state index in [-0.39, 0.29) is 6.04 Å². The molecule has 0 radical (unpaired) electrons. The third-order valence-electron chi connectivity index (χ3n) is 4.60. The second kappa shape index (κ2) is 6.29. The van der Waals surface area contributed by atoms with Crippen molar-refractivity contribution in [3.63, 3.8) is 0 Å². The first kappa shape index (κ1) is 15.6. The highest BCUT2D eigenvalue weighted by Crippen LogP contribution is 2.33. The zero-order valence-corrected chi connectivity index (χ0v) is 16.0. The van der Waals surface area contributed by atoms with Gasteiger partial charge in [-0.05, 0) is 46.4 Å². The molecule has 1 aliphatic rings. The van der Waals surface area contributed by atoms with E-state index in [1.54, 1.807) is 0 Å². The van der Waals surface area contributed by atoms with Gasteiger partial charge in [-0.3, -0.25) is 4.99 Å². The molecule has 4 heteroatoms. The lowest BCUT2D eigenvalue weighted by molar-refractivity contribution is 0.667. The number of para-hydroxylation sites is 1. The number of hydrogen-bond acceptors (Lipinski definition) is 3. The highest BCUT2D eigenvalue weighted by molar-refractivity contribution is 14.1. The van der Waals surface area contributed by atoms with E-state index in [0.29, 0.717) is 0 Å². The van der Waals surface area contributed by atoms with Gasteiger partial charge in [0.2, 0.25) is 0 Å². The van der Waals surface area contributed by atoms with Crippen LogP contribution in [0.2, 0.25) is 0 Å². The van der Waals surface area contributed by atoms with Crippen molar-refractivity contribution in [1.82, 2.24) is 5.32 Å². The monoisotopic (exact) mass is 450 g/mol. The quantitative estimate of drug-likeness (QED) is 0.303. The SMILES string of the molecule is IC1=CC(c2ccc3c(c2)oc2ccccc23)N=C(c2ccccc2)N1. The van der Waals surface area contributed by atoms with E-state index in [0.717, 1.165) is 42.6 Å². The van der Waals surface area contributed by atoms with Crippen LogP contribution >= 0.6 is 22.6 Å². The van der Waals surface area contributed by atoms with E-state index in [4.69, 9.17) is 9.41 Å². The maximum Gasteiger partial charge on any atom is 0.135 e. The van der Waals surface area contributed by atoms with Gasteiger partial charge in [-0.25, -0.2) is 0 Å². The summed E-state index contributed by atoms with van der Waals surface area (Å²) in [5, 5.41) is 5.66. The van der Waals surface area contributed by atoms with Crippen LogP contribution in [0, 0.1) is 0 Å². The van der Waals surface area contributed by atoms with E-state index in [1.807, 2.05) is 36.4 Å². The molecule has 1 aromatic heterocycles. The van der Waals surface area contributed by atoms with Gasteiger partial charge in [0.15, 0.2) is 0 Å². The van der Waals surface area contributed by atoms with Gasteiger partial charge in [-0.2, -0.15) is 0 Å². The average molecular weight is 450 g/mol. The summed E-state index contributed by atoms with van der Waals surface area (Å²) in [6.07, 6.45) is 2.14. The molecule has 4 aromatic rings. The minimum absolute atomic E-state index is 0.0315. The number of amidine groups is 1. The van der Waals surface area contributed by atoms with Crippen LogP contribution in [0.15, 0.2) is 92.0 Å². The Hall–Kier alpha value is -2.60. The summed E-state index contributed by atoms with van der Waals surface area (Å²) in [7, 11) is 0. The maximum atomic E-state index is 6.04. The van der Waals surface area contributed by atoms with Gasteiger partial charge >= 0.3 is 0 Å². The minimum Gasteiger partial charge on any atom is -0.456 e. The van der Waals surface area contributed by atoms with Crippen LogP contribution in [-0.2, 0) is 0 Å². The Morgan fingerprint density at radius 2 is 1.62 bits per heavy atom. The number of halogens is 1. The zero-order chi connectivity index (χ0) is 17.5. The van der Waals surface area contributed by atoms with Crippen molar-refractivity contribution in [2.45, 2.75) is 6.04 Å². The molecule has 0 aliphatic carbocycles. The van der Waals surface area contributed by atoms with Gasteiger partial charge in [0, 0.05) is 16.3 Å². The first-order valence-electron chi connectivity index (χ1n) is 8.47. The van der Waals surface area contributed by atoms with Gasteiger partial charge in [-0.15, -0.1) is 0 Å². The number of fused-ring (bicyclic) bond motifs is 3. The molecule has 5 rings (SSSR count). The van der Waals surface area contributed by atoms with Crippen molar-refractivity contribution in [3.8, 4) is 0 Å². The largest absolute Gasteiger partial charge is 0.456 e. The Kier molecular flexibility index (Phi) is 3.78. The highest BCUT2D eigenvalue weighted by Gasteiger charge is 2.18. The summed E-state index contributed by atoms with van der Waals surface area (Å²) in [6, 6.07) is 24.7. The number of hydrogen-bond donors (Lipinski definition) is 1. The molecule has 3 nitrogen and oxygen atoms in total. The summed E-state index contributed by atoms with van der Waals surface area (Å²) in [4.78, 5) is 4.92. The van der Waals surface area contributed by atoms with Crippen molar-refractivity contribution >= 4 is 50.4 Å². The molecular weight excluding hydrogens is 435 g/mol. The average Bonchev–Trinajstić information content (AvgIpc) is 3.06. The molecule has 1 atom stereocenters. The second-order valence-corrected chi connectivity index (χ2v) is 7.44. The highest BCUT2D eigenvalue weighted by atomic mass is 127. The number of furan rings is 1. The van der Waals surface area contributed by atoms with Crippen molar-refractivity contribution in [2.24, 2.45) is 4.99 Å². The Bertz CT molecular complexity index is 1170. The molecule has 3 aromatic carbocycles. The van der Waals surface area contributed by atoms with Crippen molar-refractivity contribution in [3.05, 3.63) is 93.7 Å². The predicted molar refractivity (Wildman–Crippen MR) is 115 cm³/mol. The molecule has 1 aliphatic heterocycles. The second-order valence-electron chi connectivity index (χ2n) is 6.28. The molecule has 0 spiro atoms. The van der Waals surface area contributed by atoms with Gasteiger partial charge in [0.05, 0.1) is 9.75 Å². The van der Waals surface area contributed by atoms with Crippen LogP contribution in [0.1, 0.15) is 17.2 Å². The fourth-order valence-electron chi connectivity index (χ4n) is 3.34. The van der Waals surface area contributed by atoms with E-state index in [1.165, 1.54) is 0 Å². The first-order chi connectivity index (χ1) is 12.8. The normalized spacial score (nSPS) is 17.0. The van der Waals surface area contributed by atoms with E-state index in [9.17, 15) is 0 Å². The van der Waals surface area contributed by atoms with Crippen LogP contribution in [-0.4, -0.2) is 5.84 Å². The smallest absolute Gasteiger partial charge is 0.135 e. The number of rotatable bonds is 2. The number of nitrogens with one attached hydrogen (secondary N) is 1. The maximum absolute atomic E-state index is 6.04. The topological polar surface area (TPSA) is 37.5 Å². The molecule has 0 amide bonds. The van der Waals surface area contributed by atoms with E-state index >= 15 is 0 Å². The van der Waals surface area contributed by atoms with Crippen molar-refractivity contribution in [2.75, 3.05) is 0 Å². The number of benzene rings is 3. The lowest BCUT2D eigenvalue weighted by Gasteiger charge is -2.20. The summed E-state index contributed by atoms with van der Waals surface area (Å²) in [6.45, 7) is 0. The summed E-state index contributed by atoms with van der Waals surface area (Å²) in [5.41, 5.74) is 4.04. The van der Waals surface area contributed by atoms with Crippen molar-refractivity contribution < 1.29 is 4.42 Å². The minimum atomic E-state index is -0.0315. The molecule has 1 unspecified atom stereocenters. The fourth-order valence-corrected chi connectivity index (χ4v) is 3.94. The summed E-state index contributed by atoms with van der Waals surface area (Å²) in [5.74, 6) is 0.896. The lowest BCUT2D eigenvalue weighted by Crippen LogP contribution is -2.26. The Morgan fingerprint density at radius 1 is 0.846 bits per heavy atom. The molecule has 126 valence electrons. The Morgan fingerprint density at radius 3 is 2.50 bits per heavy atom. The third-order valence-corrected chi connectivity index (χ3v) is 5.23. The fraction of sp³-hybridized carbons (Fsp3) is 0.0455. The van der Waals surface area contributed by atoms with Gasteiger partial charge < -0.3 is 9.73 Å².